The number of nitrogens with two attached hydrogens (primary N) is 1. The molecule has 248 valence electrons. The van der Waals surface area contributed by atoms with Crippen molar-refractivity contribution in [1.29, 1.82) is 5.26 Å². The second kappa shape index (κ2) is 11.0. The Labute approximate surface area is 276 Å². The third-order valence-corrected chi connectivity index (χ3v) is 11.4. The molecule has 3 N–H and O–H groups in total. The van der Waals surface area contributed by atoms with Gasteiger partial charge in [0.2, 0.25) is 5.88 Å². The number of alkyl halides is 1. The zero-order chi connectivity index (χ0) is 32.9. The molecular formula is C34H36BF2N7O4. The van der Waals surface area contributed by atoms with Crippen molar-refractivity contribution in [2.24, 2.45) is 0 Å². The molecule has 0 radical (unpaired) electrons. The summed E-state index contributed by atoms with van der Waals surface area (Å²) in [5.74, 6) is 0.00197. The second-order valence-corrected chi connectivity index (χ2v) is 14.1. The molecule has 14 heteroatoms. The summed E-state index contributed by atoms with van der Waals surface area (Å²) in [6.07, 6.45) is 3.08. The zero-order valence-electron chi connectivity index (χ0n) is 26.7. The van der Waals surface area contributed by atoms with Crippen LogP contribution >= 0.6 is 0 Å². The van der Waals surface area contributed by atoms with Crippen LogP contribution in [0.25, 0.3) is 33.0 Å². The standard InChI is InChI=1S/C34H36BF2N7O4/c1-35(45)43-13-19-6-7-20(14-43)44(19)32-28-24-16-46-15-23(24)27(21-4-2-5-25-26(21)22(11-38)31(39)48-25)29(37)30(28)40-33(41-32)47-17-34-8-3-9-42(34)12-18(36)10-34/h2,4-5,18-20,45H,3,6-10,12-17,39H2,1H3/t18-,19?,20?,34+/m1/s1. The van der Waals surface area contributed by atoms with Gasteiger partial charge < -0.3 is 34.4 Å². The number of anilines is 2. The van der Waals surface area contributed by atoms with Crippen LogP contribution in [0.5, 0.6) is 6.01 Å². The fourth-order valence-corrected chi connectivity index (χ4v) is 9.24. The lowest BCUT2D eigenvalue weighted by Crippen LogP contribution is -2.57. The lowest BCUT2D eigenvalue weighted by atomic mass is 9.83. The first kappa shape index (κ1) is 30.1. The summed E-state index contributed by atoms with van der Waals surface area (Å²) in [7, 11) is -0.578. The normalized spacial score (nSPS) is 26.8. The molecule has 4 saturated heterocycles. The maximum absolute atomic E-state index is 17.4. The van der Waals surface area contributed by atoms with E-state index in [9.17, 15) is 14.7 Å². The van der Waals surface area contributed by atoms with Crippen LogP contribution in [0, 0.1) is 17.1 Å². The fourth-order valence-electron chi connectivity index (χ4n) is 9.24. The lowest BCUT2D eigenvalue weighted by Gasteiger charge is -2.43. The molecule has 4 aromatic rings. The molecule has 11 nitrogen and oxygen atoms in total. The van der Waals surface area contributed by atoms with Crippen LogP contribution in [0.2, 0.25) is 6.82 Å². The average molecular weight is 656 g/mol. The summed E-state index contributed by atoms with van der Waals surface area (Å²) in [5.41, 5.74) is 8.50. The monoisotopic (exact) mass is 655 g/mol. The number of furan rings is 1. The molecule has 7 heterocycles. The summed E-state index contributed by atoms with van der Waals surface area (Å²) >= 11 is 0. The third-order valence-electron chi connectivity index (χ3n) is 11.4. The maximum Gasteiger partial charge on any atom is 0.376 e. The highest BCUT2D eigenvalue weighted by Crippen LogP contribution is 2.48. The highest BCUT2D eigenvalue weighted by Gasteiger charge is 2.50. The van der Waals surface area contributed by atoms with Gasteiger partial charge in [-0.25, -0.2) is 8.78 Å². The Bertz CT molecular complexity index is 2010. The molecule has 48 heavy (non-hydrogen) atoms. The molecule has 4 atom stereocenters. The zero-order valence-corrected chi connectivity index (χ0v) is 26.7. The molecule has 2 aromatic heterocycles. The van der Waals surface area contributed by atoms with Crippen LogP contribution < -0.4 is 15.4 Å². The Morgan fingerprint density at radius 2 is 1.96 bits per heavy atom. The Hall–Kier alpha value is -4.03. The van der Waals surface area contributed by atoms with Gasteiger partial charge in [-0.1, -0.05) is 12.1 Å². The van der Waals surface area contributed by atoms with Crippen molar-refractivity contribution in [2.75, 3.05) is 43.4 Å². The average Bonchev–Trinajstić information content (AvgIpc) is 3.87. The molecule has 0 aliphatic carbocycles. The first-order chi connectivity index (χ1) is 23.3. The number of hydrogen-bond donors (Lipinski definition) is 2. The summed E-state index contributed by atoms with van der Waals surface area (Å²) in [5, 5.41) is 21.4. The van der Waals surface area contributed by atoms with Crippen molar-refractivity contribution in [2.45, 2.75) is 75.9 Å². The number of nitrogens with zero attached hydrogens (tertiary/aromatic N) is 6. The van der Waals surface area contributed by atoms with E-state index in [0.717, 1.165) is 37.8 Å². The van der Waals surface area contributed by atoms with Crippen LogP contribution in [0.3, 0.4) is 0 Å². The van der Waals surface area contributed by atoms with Gasteiger partial charge in [-0.15, -0.1) is 0 Å². The Kier molecular flexibility index (Phi) is 6.89. The molecule has 4 fully saturated rings. The molecule has 0 saturated carbocycles. The summed E-state index contributed by atoms with van der Waals surface area (Å²) in [6, 6.07) is 7.50. The minimum atomic E-state index is -0.914. The van der Waals surface area contributed by atoms with E-state index < -0.39 is 24.6 Å². The highest BCUT2D eigenvalue weighted by molar-refractivity contribution is 6.45. The van der Waals surface area contributed by atoms with Gasteiger partial charge in [0, 0.05) is 49.1 Å². The molecule has 5 aliphatic heterocycles. The molecule has 9 rings (SSSR count). The van der Waals surface area contributed by atoms with E-state index in [0.29, 0.717) is 59.4 Å². The maximum atomic E-state index is 17.4. The minimum Gasteiger partial charge on any atom is -0.461 e. The largest absolute Gasteiger partial charge is 0.461 e. The van der Waals surface area contributed by atoms with E-state index in [1.807, 2.05) is 0 Å². The smallest absolute Gasteiger partial charge is 0.376 e. The van der Waals surface area contributed by atoms with Crippen LogP contribution in [0.15, 0.2) is 22.6 Å². The van der Waals surface area contributed by atoms with Gasteiger partial charge in [0.25, 0.3) is 0 Å². The number of halogens is 2. The summed E-state index contributed by atoms with van der Waals surface area (Å²) < 4.78 is 50.1. The van der Waals surface area contributed by atoms with Gasteiger partial charge in [0.1, 0.15) is 41.3 Å². The molecule has 0 spiro atoms. The van der Waals surface area contributed by atoms with E-state index in [1.54, 1.807) is 25.0 Å². The number of benzene rings is 2. The number of rotatable bonds is 6. The quantitative estimate of drug-likeness (QED) is 0.286. The SMILES string of the molecule is CB(O)N1CC2CCC(C1)N2c1nc(OC[C@@]23CCCN2C[C@H](F)C3)nc2c(F)c(-c3cccc4oc(N)c(C#N)c34)c3c(c12)COC3. The number of ether oxygens (including phenoxy) is 2. The molecule has 0 amide bonds. The van der Waals surface area contributed by atoms with Gasteiger partial charge in [-0.3, -0.25) is 4.90 Å². The van der Waals surface area contributed by atoms with Crippen molar-refractivity contribution in [3.05, 3.63) is 40.7 Å². The number of fused-ring (bicyclic) bond motifs is 7. The van der Waals surface area contributed by atoms with Gasteiger partial charge in [-0.2, -0.15) is 15.2 Å². The Morgan fingerprint density at radius 1 is 1.17 bits per heavy atom. The fraction of sp³-hybridized carbons (Fsp3) is 0.500. The number of nitrogen functional groups attached to an aromatic ring is 1. The molecular weight excluding hydrogens is 619 g/mol. The van der Waals surface area contributed by atoms with Gasteiger partial charge >= 0.3 is 13.1 Å². The van der Waals surface area contributed by atoms with Crippen LogP contribution in [-0.4, -0.2) is 88.3 Å². The van der Waals surface area contributed by atoms with Crippen molar-refractivity contribution in [1.82, 2.24) is 19.7 Å². The third kappa shape index (κ3) is 4.37. The van der Waals surface area contributed by atoms with Gasteiger partial charge in [0.05, 0.1) is 24.1 Å². The Morgan fingerprint density at radius 3 is 2.73 bits per heavy atom. The van der Waals surface area contributed by atoms with E-state index in [1.165, 1.54) is 0 Å². The van der Waals surface area contributed by atoms with Crippen molar-refractivity contribution in [3.63, 3.8) is 0 Å². The molecule has 2 unspecified atom stereocenters. The number of aromatic nitrogens is 2. The van der Waals surface area contributed by atoms with E-state index >= 15 is 4.39 Å². The molecule has 2 aromatic carbocycles. The predicted molar refractivity (Wildman–Crippen MR) is 176 cm³/mol. The topological polar surface area (TPSA) is 137 Å². The van der Waals surface area contributed by atoms with E-state index in [-0.39, 0.29) is 60.4 Å². The van der Waals surface area contributed by atoms with Crippen LogP contribution in [0.1, 0.15) is 48.8 Å². The number of hydrogen-bond acceptors (Lipinski definition) is 11. The van der Waals surface area contributed by atoms with E-state index in [4.69, 9.17) is 29.6 Å². The van der Waals surface area contributed by atoms with Crippen molar-refractivity contribution >= 4 is 40.6 Å². The first-order valence-electron chi connectivity index (χ1n) is 16.8. The lowest BCUT2D eigenvalue weighted by molar-refractivity contribution is 0.107. The van der Waals surface area contributed by atoms with Crippen molar-refractivity contribution in [3.8, 4) is 23.2 Å². The van der Waals surface area contributed by atoms with Gasteiger partial charge in [-0.05, 0) is 61.8 Å². The number of piperazine rings is 1. The van der Waals surface area contributed by atoms with Crippen LogP contribution in [-0.2, 0) is 18.0 Å². The summed E-state index contributed by atoms with van der Waals surface area (Å²) in [4.78, 5) is 16.3. The minimum absolute atomic E-state index is 0.0241. The summed E-state index contributed by atoms with van der Waals surface area (Å²) in [6.45, 7) is 4.91. The number of nitriles is 1. The van der Waals surface area contributed by atoms with E-state index in [2.05, 4.69) is 20.7 Å². The highest BCUT2D eigenvalue weighted by atomic mass is 19.1. The molecule has 2 bridgehead atoms. The first-order valence-corrected chi connectivity index (χ1v) is 16.8. The van der Waals surface area contributed by atoms with Crippen molar-refractivity contribution < 1.29 is 27.7 Å². The van der Waals surface area contributed by atoms with Gasteiger partial charge in [0.15, 0.2) is 5.82 Å². The van der Waals surface area contributed by atoms with Crippen LogP contribution in [0.4, 0.5) is 20.5 Å². The predicted octanol–water partition coefficient (Wildman–Crippen LogP) is 4.38. The Balaban J connectivity index is 1.25. The molecule has 5 aliphatic rings. The second-order valence-electron chi connectivity index (χ2n) is 14.1.